The zero-order valence-corrected chi connectivity index (χ0v) is 14.3. The third-order valence-electron chi connectivity index (χ3n) is 7.85. The van der Waals surface area contributed by atoms with Crippen molar-refractivity contribution in [3.63, 3.8) is 0 Å². The van der Waals surface area contributed by atoms with Crippen molar-refractivity contribution in [2.24, 2.45) is 34.3 Å². The highest BCUT2D eigenvalue weighted by Gasteiger charge is 2.59. The van der Waals surface area contributed by atoms with Crippen LogP contribution < -0.4 is 5.73 Å². The van der Waals surface area contributed by atoms with Crippen LogP contribution in [0.15, 0.2) is 23.4 Å². The first kappa shape index (κ1) is 15.2. The van der Waals surface area contributed by atoms with Crippen LogP contribution in [0.1, 0.15) is 58.8 Å². The summed E-state index contributed by atoms with van der Waals surface area (Å²) < 4.78 is 0. The van der Waals surface area contributed by atoms with Gasteiger partial charge in [0.1, 0.15) is 5.78 Å². The molecule has 0 aromatic carbocycles. The normalized spacial score (nSPS) is 46.5. The fourth-order valence-corrected chi connectivity index (χ4v) is 6.60. The Morgan fingerprint density at radius 1 is 1.04 bits per heavy atom. The van der Waals surface area contributed by atoms with Gasteiger partial charge in [-0.1, -0.05) is 20.4 Å². The van der Waals surface area contributed by atoms with Gasteiger partial charge in [-0.15, -0.1) is 0 Å². The van der Waals surface area contributed by atoms with E-state index in [9.17, 15) is 9.59 Å². The quantitative estimate of drug-likeness (QED) is 0.696. The Morgan fingerprint density at radius 2 is 1.74 bits per heavy atom. The van der Waals surface area contributed by atoms with E-state index in [0.717, 1.165) is 44.9 Å². The van der Waals surface area contributed by atoms with Gasteiger partial charge in [0.25, 0.3) is 0 Å². The summed E-state index contributed by atoms with van der Waals surface area (Å²) in [4.78, 5) is 24.7. The van der Waals surface area contributed by atoms with E-state index in [0.29, 0.717) is 34.8 Å². The van der Waals surface area contributed by atoms with Crippen LogP contribution in [0, 0.1) is 28.6 Å². The SMILES string of the molecule is C=C1C[C@@]2(C)C(=C(N)C1=O)CC[C@@H]1[C@@H]2CC[C@]2(C)C(=O)CC[C@@H]12. The molecule has 0 aromatic rings. The minimum atomic E-state index is -0.0915. The second kappa shape index (κ2) is 4.58. The van der Waals surface area contributed by atoms with Crippen molar-refractivity contribution < 1.29 is 9.59 Å². The van der Waals surface area contributed by atoms with Crippen molar-refractivity contribution in [2.45, 2.75) is 58.8 Å². The predicted molar refractivity (Wildman–Crippen MR) is 89.4 cm³/mol. The summed E-state index contributed by atoms with van der Waals surface area (Å²) in [5.41, 5.74) is 8.41. The highest BCUT2D eigenvalue weighted by atomic mass is 16.1. The summed E-state index contributed by atoms with van der Waals surface area (Å²) in [5.74, 6) is 2.11. The van der Waals surface area contributed by atoms with Crippen LogP contribution in [-0.4, -0.2) is 11.6 Å². The van der Waals surface area contributed by atoms with E-state index in [1.54, 1.807) is 0 Å². The van der Waals surface area contributed by atoms with Crippen LogP contribution in [0.4, 0.5) is 0 Å². The Morgan fingerprint density at radius 3 is 2.48 bits per heavy atom. The third kappa shape index (κ3) is 1.77. The second-order valence-corrected chi connectivity index (χ2v) is 8.75. The lowest BCUT2D eigenvalue weighted by molar-refractivity contribution is -0.132. The van der Waals surface area contributed by atoms with Crippen LogP contribution >= 0.6 is 0 Å². The molecule has 23 heavy (non-hydrogen) atoms. The standard InChI is InChI=1S/C20H27NO2/c1-11-10-20(3)14-8-9-19(2)13(6-7-16(19)22)12(14)4-5-15(20)17(21)18(11)23/h12-14H,1,4-10,21H2,2-3H3/t12-,13-,14-,19-,20+/m0/s1. The first-order valence-corrected chi connectivity index (χ1v) is 9.04. The molecule has 0 radical (unpaired) electrons. The van der Waals surface area contributed by atoms with Crippen molar-refractivity contribution in [1.82, 2.24) is 0 Å². The molecule has 0 aliphatic heterocycles. The molecule has 4 aliphatic carbocycles. The summed E-state index contributed by atoms with van der Waals surface area (Å²) in [6.07, 6.45) is 6.66. The lowest BCUT2D eigenvalue weighted by Gasteiger charge is -2.57. The minimum absolute atomic E-state index is 0.0229. The first-order valence-electron chi connectivity index (χ1n) is 9.04. The molecule has 0 unspecified atom stereocenters. The van der Waals surface area contributed by atoms with Gasteiger partial charge in [0.2, 0.25) is 5.78 Å². The van der Waals surface area contributed by atoms with Crippen molar-refractivity contribution in [2.75, 3.05) is 0 Å². The van der Waals surface area contributed by atoms with Crippen LogP contribution in [-0.2, 0) is 9.59 Å². The van der Waals surface area contributed by atoms with Gasteiger partial charge in [-0.25, -0.2) is 0 Å². The molecule has 3 nitrogen and oxygen atoms in total. The number of allylic oxidation sites excluding steroid dienone is 1. The highest BCUT2D eigenvalue weighted by Crippen LogP contribution is 2.64. The number of hydrogen-bond donors (Lipinski definition) is 1. The summed E-state index contributed by atoms with van der Waals surface area (Å²) in [6.45, 7) is 8.49. The van der Waals surface area contributed by atoms with E-state index in [4.69, 9.17) is 5.73 Å². The molecule has 0 saturated heterocycles. The third-order valence-corrected chi connectivity index (χ3v) is 7.85. The van der Waals surface area contributed by atoms with Crippen molar-refractivity contribution in [3.8, 4) is 0 Å². The van der Waals surface area contributed by atoms with Crippen molar-refractivity contribution in [3.05, 3.63) is 23.4 Å². The maximum absolute atomic E-state index is 12.4. The average molecular weight is 313 g/mol. The maximum atomic E-state index is 12.4. The fraction of sp³-hybridized carbons (Fsp3) is 0.700. The molecule has 2 N–H and O–H groups in total. The number of carbonyl (C=O) groups excluding carboxylic acids is 2. The van der Waals surface area contributed by atoms with E-state index in [1.807, 2.05) is 0 Å². The Bertz CT molecular complexity index is 661. The lowest BCUT2D eigenvalue weighted by atomic mass is 9.47. The molecule has 0 bridgehead atoms. The molecule has 0 aromatic heterocycles. The monoisotopic (exact) mass is 313 g/mol. The van der Waals surface area contributed by atoms with Gasteiger partial charge in [-0.05, 0) is 72.8 Å². The molecule has 0 spiro atoms. The molecule has 3 fully saturated rings. The lowest BCUT2D eigenvalue weighted by Crippen LogP contribution is -2.51. The maximum Gasteiger partial charge on any atom is 0.204 e. The number of Topliss-reactive ketones (excluding diaryl/α,β-unsaturated/α-hetero) is 2. The highest BCUT2D eigenvalue weighted by molar-refractivity contribution is 6.09. The minimum Gasteiger partial charge on any atom is -0.396 e. The zero-order valence-electron chi connectivity index (χ0n) is 14.3. The van der Waals surface area contributed by atoms with Crippen LogP contribution in [0.5, 0.6) is 0 Å². The van der Waals surface area contributed by atoms with E-state index in [-0.39, 0.29) is 16.6 Å². The Labute approximate surface area is 138 Å². The summed E-state index contributed by atoms with van der Waals surface area (Å²) >= 11 is 0. The van der Waals surface area contributed by atoms with Gasteiger partial charge in [0.15, 0.2) is 0 Å². The van der Waals surface area contributed by atoms with Gasteiger partial charge in [-0.3, -0.25) is 9.59 Å². The summed E-state index contributed by atoms with van der Waals surface area (Å²) in [7, 11) is 0. The van der Waals surface area contributed by atoms with Gasteiger partial charge in [-0.2, -0.15) is 0 Å². The van der Waals surface area contributed by atoms with Crippen molar-refractivity contribution >= 4 is 11.6 Å². The fourth-order valence-electron chi connectivity index (χ4n) is 6.60. The number of ketones is 2. The molecule has 4 rings (SSSR count). The first-order chi connectivity index (χ1) is 10.8. The largest absolute Gasteiger partial charge is 0.396 e. The second-order valence-electron chi connectivity index (χ2n) is 8.75. The molecular formula is C20H27NO2. The molecule has 0 amide bonds. The van der Waals surface area contributed by atoms with Crippen molar-refractivity contribution in [1.29, 1.82) is 0 Å². The number of nitrogens with two attached hydrogens (primary N) is 1. The number of rotatable bonds is 0. The van der Waals surface area contributed by atoms with E-state index in [1.165, 1.54) is 5.57 Å². The molecule has 5 atom stereocenters. The number of hydrogen-bond acceptors (Lipinski definition) is 3. The Hall–Kier alpha value is -1.38. The van der Waals surface area contributed by atoms with E-state index in [2.05, 4.69) is 20.4 Å². The van der Waals surface area contributed by atoms with Crippen LogP contribution in [0.25, 0.3) is 0 Å². The number of fused-ring (bicyclic) bond motifs is 5. The smallest absolute Gasteiger partial charge is 0.204 e. The molecule has 4 aliphatic rings. The van der Waals surface area contributed by atoms with Gasteiger partial charge < -0.3 is 5.73 Å². The summed E-state index contributed by atoms with van der Waals surface area (Å²) in [6, 6.07) is 0. The topological polar surface area (TPSA) is 60.2 Å². The van der Waals surface area contributed by atoms with Gasteiger partial charge >= 0.3 is 0 Å². The average Bonchev–Trinajstić information content (AvgIpc) is 2.80. The van der Waals surface area contributed by atoms with Gasteiger partial charge in [0, 0.05) is 11.8 Å². The van der Waals surface area contributed by atoms with Gasteiger partial charge in [0.05, 0.1) is 5.70 Å². The number of carbonyl (C=O) groups is 2. The predicted octanol–water partition coefficient (Wildman–Crippen LogP) is 3.54. The van der Waals surface area contributed by atoms with Crippen LogP contribution in [0.2, 0.25) is 0 Å². The Balaban J connectivity index is 1.76. The van der Waals surface area contributed by atoms with E-state index < -0.39 is 0 Å². The molecule has 3 saturated carbocycles. The van der Waals surface area contributed by atoms with E-state index >= 15 is 0 Å². The zero-order chi connectivity index (χ0) is 16.6. The molecular weight excluding hydrogens is 286 g/mol. The van der Waals surface area contributed by atoms with Crippen LogP contribution in [0.3, 0.4) is 0 Å². The summed E-state index contributed by atoms with van der Waals surface area (Å²) in [5, 5.41) is 0. The molecule has 0 heterocycles. The molecule has 3 heteroatoms. The molecule has 124 valence electrons. The Kier molecular flexibility index (Phi) is 3.02.